The Morgan fingerprint density at radius 2 is 2.00 bits per heavy atom. The van der Waals surface area contributed by atoms with Gasteiger partial charge in [-0.25, -0.2) is 0 Å². The van der Waals surface area contributed by atoms with Gasteiger partial charge in [-0.05, 0) is 36.4 Å². The van der Waals surface area contributed by atoms with Crippen molar-refractivity contribution in [3.05, 3.63) is 48.4 Å². The van der Waals surface area contributed by atoms with Crippen molar-refractivity contribution < 1.29 is 13.9 Å². The van der Waals surface area contributed by atoms with Crippen LogP contribution in [0.2, 0.25) is 0 Å². The van der Waals surface area contributed by atoms with Gasteiger partial charge < -0.3 is 19.3 Å². The molecular formula is C15H17NO3. The second kappa shape index (κ2) is 6.09. The van der Waals surface area contributed by atoms with Crippen molar-refractivity contribution in [2.24, 2.45) is 5.92 Å². The van der Waals surface area contributed by atoms with Crippen molar-refractivity contribution in [2.75, 3.05) is 12.4 Å². The quantitative estimate of drug-likeness (QED) is 0.809. The Morgan fingerprint density at radius 3 is 2.53 bits per heavy atom. The third kappa shape index (κ3) is 3.16. The van der Waals surface area contributed by atoms with Gasteiger partial charge in [0, 0.05) is 11.6 Å². The summed E-state index contributed by atoms with van der Waals surface area (Å²) in [6, 6.07) is 11.1. The van der Waals surface area contributed by atoms with Gasteiger partial charge in [-0.1, -0.05) is 6.92 Å². The number of ether oxygens (including phenoxy) is 1. The van der Waals surface area contributed by atoms with Crippen LogP contribution in [0, 0.1) is 5.92 Å². The van der Waals surface area contributed by atoms with Gasteiger partial charge in [-0.15, -0.1) is 0 Å². The summed E-state index contributed by atoms with van der Waals surface area (Å²) in [5.74, 6) is 1.35. The summed E-state index contributed by atoms with van der Waals surface area (Å²) in [6.45, 7) is 1.86. The van der Waals surface area contributed by atoms with E-state index in [0.717, 1.165) is 23.5 Å². The van der Waals surface area contributed by atoms with Gasteiger partial charge in [0.15, 0.2) is 0 Å². The average molecular weight is 259 g/mol. The molecule has 0 unspecified atom stereocenters. The molecule has 2 aromatic rings. The van der Waals surface area contributed by atoms with Gasteiger partial charge in [0.2, 0.25) is 0 Å². The number of nitrogens with one attached hydrogen (secondary N) is 1. The number of hydrogen-bond donors (Lipinski definition) is 1. The van der Waals surface area contributed by atoms with E-state index in [1.54, 1.807) is 13.4 Å². The number of carbonyl (C=O) groups is 1. The molecular weight excluding hydrogens is 242 g/mol. The number of methoxy groups -OCH3 is 1. The maximum Gasteiger partial charge on any atom is 0.126 e. The van der Waals surface area contributed by atoms with Gasteiger partial charge in [0.05, 0.1) is 19.4 Å². The van der Waals surface area contributed by atoms with Crippen LogP contribution in [-0.2, 0) is 4.79 Å². The van der Waals surface area contributed by atoms with E-state index in [0.29, 0.717) is 0 Å². The van der Waals surface area contributed by atoms with Crippen LogP contribution in [0.15, 0.2) is 47.1 Å². The average Bonchev–Trinajstić information content (AvgIpc) is 2.98. The zero-order valence-electron chi connectivity index (χ0n) is 11.0. The SMILES string of the molecule is COc1ccc(N[C@H](c2ccco2)[C@H](C)C=O)cc1. The number of hydrogen-bond acceptors (Lipinski definition) is 4. The van der Waals surface area contributed by atoms with Crippen molar-refractivity contribution >= 4 is 12.0 Å². The van der Waals surface area contributed by atoms with E-state index in [1.807, 2.05) is 43.3 Å². The molecule has 1 aromatic heterocycles. The fraction of sp³-hybridized carbons (Fsp3) is 0.267. The monoisotopic (exact) mass is 259 g/mol. The van der Waals surface area contributed by atoms with Gasteiger partial charge in [-0.2, -0.15) is 0 Å². The second-order valence-electron chi connectivity index (χ2n) is 4.36. The van der Waals surface area contributed by atoms with Crippen LogP contribution in [0.5, 0.6) is 5.75 Å². The van der Waals surface area contributed by atoms with Gasteiger partial charge in [-0.3, -0.25) is 0 Å². The van der Waals surface area contributed by atoms with Crippen LogP contribution in [0.3, 0.4) is 0 Å². The number of carbonyl (C=O) groups excluding carboxylic acids is 1. The lowest BCUT2D eigenvalue weighted by Crippen LogP contribution is -2.19. The minimum atomic E-state index is -0.187. The van der Waals surface area contributed by atoms with E-state index in [9.17, 15) is 4.79 Å². The number of rotatable bonds is 6. The first kappa shape index (κ1) is 13.2. The Bertz CT molecular complexity index is 505. The van der Waals surface area contributed by atoms with Crippen molar-refractivity contribution in [3.8, 4) is 5.75 Å². The molecule has 2 rings (SSSR count). The molecule has 0 saturated heterocycles. The summed E-state index contributed by atoms with van der Waals surface area (Å²) in [6.07, 6.45) is 2.53. The summed E-state index contributed by atoms with van der Waals surface area (Å²) in [5, 5.41) is 3.30. The molecule has 0 radical (unpaired) electrons. The Kier molecular flexibility index (Phi) is 4.23. The topological polar surface area (TPSA) is 51.5 Å². The van der Waals surface area contributed by atoms with E-state index in [1.165, 1.54) is 0 Å². The number of aldehydes is 1. The Balaban J connectivity index is 2.17. The summed E-state index contributed by atoms with van der Waals surface area (Å²) < 4.78 is 10.5. The molecule has 1 aromatic carbocycles. The zero-order valence-corrected chi connectivity index (χ0v) is 11.0. The molecule has 0 aliphatic rings. The van der Waals surface area contributed by atoms with E-state index < -0.39 is 0 Å². The smallest absolute Gasteiger partial charge is 0.126 e. The van der Waals surface area contributed by atoms with Gasteiger partial charge in [0.25, 0.3) is 0 Å². The van der Waals surface area contributed by atoms with Crippen molar-refractivity contribution in [1.82, 2.24) is 0 Å². The normalized spacial score (nSPS) is 13.6. The lowest BCUT2D eigenvalue weighted by atomic mass is 10.0. The number of benzene rings is 1. The summed E-state index contributed by atoms with van der Waals surface area (Å²) in [4.78, 5) is 11.0. The summed E-state index contributed by atoms with van der Waals surface area (Å²) in [5.41, 5.74) is 0.913. The molecule has 0 aliphatic heterocycles. The predicted octanol–water partition coefficient (Wildman–Crippen LogP) is 3.28. The first-order chi connectivity index (χ1) is 9.24. The predicted molar refractivity (Wildman–Crippen MR) is 73.3 cm³/mol. The van der Waals surface area contributed by atoms with Crippen molar-refractivity contribution in [1.29, 1.82) is 0 Å². The van der Waals surface area contributed by atoms with E-state index in [4.69, 9.17) is 9.15 Å². The Morgan fingerprint density at radius 1 is 1.26 bits per heavy atom. The number of anilines is 1. The van der Waals surface area contributed by atoms with Crippen LogP contribution in [-0.4, -0.2) is 13.4 Å². The van der Waals surface area contributed by atoms with Crippen molar-refractivity contribution in [2.45, 2.75) is 13.0 Å². The molecule has 0 bridgehead atoms. The molecule has 0 amide bonds. The minimum absolute atomic E-state index is 0.180. The number of furan rings is 1. The Hall–Kier alpha value is -2.23. The minimum Gasteiger partial charge on any atom is -0.497 e. The third-order valence-electron chi connectivity index (χ3n) is 3.00. The lowest BCUT2D eigenvalue weighted by molar-refractivity contribution is -0.111. The summed E-state index contributed by atoms with van der Waals surface area (Å²) in [7, 11) is 1.63. The third-order valence-corrected chi connectivity index (χ3v) is 3.00. The maximum absolute atomic E-state index is 11.0. The molecule has 0 spiro atoms. The molecule has 100 valence electrons. The highest BCUT2D eigenvalue weighted by atomic mass is 16.5. The molecule has 0 fully saturated rings. The van der Waals surface area contributed by atoms with Crippen LogP contribution < -0.4 is 10.1 Å². The van der Waals surface area contributed by atoms with Crippen LogP contribution in [0.1, 0.15) is 18.7 Å². The van der Waals surface area contributed by atoms with Crippen LogP contribution in [0.25, 0.3) is 0 Å². The van der Waals surface area contributed by atoms with E-state index in [2.05, 4.69) is 5.32 Å². The fourth-order valence-corrected chi connectivity index (χ4v) is 1.88. The highest BCUT2D eigenvalue weighted by Gasteiger charge is 2.21. The second-order valence-corrected chi connectivity index (χ2v) is 4.36. The first-order valence-corrected chi connectivity index (χ1v) is 6.14. The zero-order chi connectivity index (χ0) is 13.7. The lowest BCUT2D eigenvalue weighted by Gasteiger charge is -2.20. The molecule has 1 heterocycles. The highest BCUT2D eigenvalue weighted by molar-refractivity contribution is 5.57. The van der Waals surface area contributed by atoms with Gasteiger partial charge >= 0.3 is 0 Å². The maximum atomic E-state index is 11.0. The van der Waals surface area contributed by atoms with Crippen LogP contribution in [0.4, 0.5) is 5.69 Å². The molecule has 4 nitrogen and oxygen atoms in total. The van der Waals surface area contributed by atoms with E-state index in [-0.39, 0.29) is 12.0 Å². The van der Waals surface area contributed by atoms with E-state index >= 15 is 0 Å². The fourth-order valence-electron chi connectivity index (χ4n) is 1.88. The first-order valence-electron chi connectivity index (χ1n) is 6.14. The van der Waals surface area contributed by atoms with Gasteiger partial charge in [0.1, 0.15) is 17.8 Å². The highest BCUT2D eigenvalue weighted by Crippen LogP contribution is 2.27. The molecule has 1 N–H and O–H groups in total. The molecule has 4 heteroatoms. The Labute approximate surface area is 112 Å². The standard InChI is InChI=1S/C15H17NO3/c1-11(10-17)15(14-4-3-9-19-14)16-12-5-7-13(18-2)8-6-12/h3-11,15-16H,1-2H3/t11-,15+/m1/s1. The largest absolute Gasteiger partial charge is 0.497 e. The molecule has 0 aliphatic carbocycles. The molecule has 0 saturated carbocycles. The van der Waals surface area contributed by atoms with Crippen LogP contribution >= 0.6 is 0 Å². The van der Waals surface area contributed by atoms with Crippen molar-refractivity contribution in [3.63, 3.8) is 0 Å². The molecule has 19 heavy (non-hydrogen) atoms. The summed E-state index contributed by atoms with van der Waals surface area (Å²) >= 11 is 0. The molecule has 2 atom stereocenters.